The molecule has 0 aliphatic carbocycles. The molecule has 21 heavy (non-hydrogen) atoms. The SMILES string of the molecule is O=C(C#Cc1ccccc1)N1CCCC2(CCCNC2)C1. The molecule has 0 saturated carbocycles. The summed E-state index contributed by atoms with van der Waals surface area (Å²) in [7, 11) is 0. The highest BCUT2D eigenvalue weighted by Gasteiger charge is 2.37. The van der Waals surface area contributed by atoms with E-state index in [1.807, 2.05) is 35.2 Å². The smallest absolute Gasteiger partial charge is 0.298 e. The molecule has 0 aromatic heterocycles. The molecule has 2 heterocycles. The fourth-order valence-corrected chi connectivity index (χ4v) is 3.49. The summed E-state index contributed by atoms with van der Waals surface area (Å²) in [6.45, 7) is 3.87. The first kappa shape index (κ1) is 14.2. The molecule has 2 fully saturated rings. The molecule has 3 rings (SSSR count). The molecule has 1 unspecified atom stereocenters. The molecule has 0 radical (unpaired) electrons. The summed E-state index contributed by atoms with van der Waals surface area (Å²) in [5.74, 6) is 5.76. The van der Waals surface area contributed by atoms with Crippen molar-refractivity contribution >= 4 is 5.91 Å². The van der Waals surface area contributed by atoms with E-state index in [4.69, 9.17) is 0 Å². The first-order valence-corrected chi connectivity index (χ1v) is 7.84. The monoisotopic (exact) mass is 282 g/mol. The van der Waals surface area contributed by atoms with Gasteiger partial charge in [0.2, 0.25) is 0 Å². The van der Waals surface area contributed by atoms with Gasteiger partial charge in [-0.05, 0) is 44.4 Å². The van der Waals surface area contributed by atoms with E-state index in [2.05, 4.69) is 17.2 Å². The third-order valence-corrected chi connectivity index (χ3v) is 4.60. The second kappa shape index (κ2) is 6.32. The van der Waals surface area contributed by atoms with Crippen LogP contribution in [0.25, 0.3) is 0 Å². The molecule has 2 aliphatic rings. The number of carbonyl (C=O) groups excluding carboxylic acids is 1. The van der Waals surface area contributed by atoms with E-state index in [9.17, 15) is 4.79 Å². The summed E-state index contributed by atoms with van der Waals surface area (Å²) >= 11 is 0. The van der Waals surface area contributed by atoms with Crippen LogP contribution in [0.1, 0.15) is 31.2 Å². The van der Waals surface area contributed by atoms with Crippen molar-refractivity contribution in [3.05, 3.63) is 35.9 Å². The van der Waals surface area contributed by atoms with Gasteiger partial charge in [0, 0.05) is 36.5 Å². The molecule has 2 saturated heterocycles. The fraction of sp³-hybridized carbons (Fsp3) is 0.500. The fourth-order valence-electron chi connectivity index (χ4n) is 3.49. The van der Waals surface area contributed by atoms with Gasteiger partial charge < -0.3 is 10.2 Å². The molecule has 2 aliphatic heterocycles. The van der Waals surface area contributed by atoms with Crippen molar-refractivity contribution < 1.29 is 4.79 Å². The molecule has 1 aromatic carbocycles. The van der Waals surface area contributed by atoms with Gasteiger partial charge in [0.1, 0.15) is 0 Å². The number of hydrogen-bond acceptors (Lipinski definition) is 2. The Balaban J connectivity index is 1.66. The molecule has 1 N–H and O–H groups in total. The number of carbonyl (C=O) groups is 1. The molecule has 1 aromatic rings. The zero-order valence-corrected chi connectivity index (χ0v) is 12.4. The quantitative estimate of drug-likeness (QED) is 0.739. The first-order valence-electron chi connectivity index (χ1n) is 7.84. The van der Waals surface area contributed by atoms with Crippen LogP contribution in [-0.2, 0) is 4.79 Å². The van der Waals surface area contributed by atoms with E-state index in [-0.39, 0.29) is 5.91 Å². The standard InChI is InChI=1S/C18H22N2O/c21-17(9-8-16-6-2-1-3-7-16)20-13-5-11-18(15-20)10-4-12-19-14-18/h1-3,6-7,19H,4-5,10-15H2. The van der Waals surface area contributed by atoms with Crippen LogP contribution in [0.2, 0.25) is 0 Å². The van der Waals surface area contributed by atoms with Crippen LogP contribution in [-0.4, -0.2) is 37.0 Å². The number of hydrogen-bond donors (Lipinski definition) is 1. The van der Waals surface area contributed by atoms with Gasteiger partial charge in [0.25, 0.3) is 5.91 Å². The van der Waals surface area contributed by atoms with E-state index < -0.39 is 0 Å². The highest BCUT2D eigenvalue weighted by molar-refractivity contribution is 5.94. The van der Waals surface area contributed by atoms with Crippen LogP contribution in [0.15, 0.2) is 30.3 Å². The Kier molecular flexibility index (Phi) is 4.26. The van der Waals surface area contributed by atoms with Gasteiger partial charge in [-0.2, -0.15) is 0 Å². The van der Waals surface area contributed by atoms with Crippen molar-refractivity contribution in [2.45, 2.75) is 25.7 Å². The maximum Gasteiger partial charge on any atom is 0.298 e. The maximum absolute atomic E-state index is 12.3. The van der Waals surface area contributed by atoms with Crippen LogP contribution in [0, 0.1) is 17.3 Å². The van der Waals surface area contributed by atoms with E-state index >= 15 is 0 Å². The van der Waals surface area contributed by atoms with Crippen LogP contribution in [0.3, 0.4) is 0 Å². The highest BCUT2D eigenvalue weighted by atomic mass is 16.2. The Bertz CT molecular complexity index is 544. The zero-order valence-electron chi connectivity index (χ0n) is 12.4. The number of nitrogens with zero attached hydrogens (tertiary/aromatic N) is 1. The number of likely N-dealkylation sites (tertiary alicyclic amines) is 1. The van der Waals surface area contributed by atoms with Crippen molar-refractivity contribution in [3.63, 3.8) is 0 Å². The normalized spacial score (nSPS) is 25.2. The van der Waals surface area contributed by atoms with Crippen molar-refractivity contribution in [1.29, 1.82) is 0 Å². The largest absolute Gasteiger partial charge is 0.331 e. The van der Waals surface area contributed by atoms with Gasteiger partial charge in [-0.15, -0.1) is 0 Å². The van der Waals surface area contributed by atoms with Crippen LogP contribution in [0.5, 0.6) is 0 Å². The first-order chi connectivity index (χ1) is 10.3. The molecule has 3 heteroatoms. The van der Waals surface area contributed by atoms with Gasteiger partial charge in [-0.25, -0.2) is 0 Å². The van der Waals surface area contributed by atoms with E-state index in [1.54, 1.807) is 0 Å². The second-order valence-corrected chi connectivity index (χ2v) is 6.23. The van der Waals surface area contributed by atoms with Gasteiger partial charge in [-0.3, -0.25) is 4.79 Å². The topological polar surface area (TPSA) is 32.3 Å². The van der Waals surface area contributed by atoms with Crippen LogP contribution in [0.4, 0.5) is 0 Å². The van der Waals surface area contributed by atoms with Gasteiger partial charge in [-0.1, -0.05) is 24.1 Å². The summed E-state index contributed by atoms with van der Waals surface area (Å²) in [6.07, 6.45) is 4.78. The predicted molar refractivity (Wildman–Crippen MR) is 83.7 cm³/mol. The third-order valence-electron chi connectivity index (χ3n) is 4.60. The van der Waals surface area contributed by atoms with E-state index in [0.29, 0.717) is 5.41 Å². The van der Waals surface area contributed by atoms with Crippen molar-refractivity contribution in [2.75, 3.05) is 26.2 Å². The molecule has 1 spiro atoms. The van der Waals surface area contributed by atoms with Gasteiger partial charge >= 0.3 is 0 Å². The van der Waals surface area contributed by atoms with Gasteiger partial charge in [0.15, 0.2) is 0 Å². The van der Waals surface area contributed by atoms with Gasteiger partial charge in [0.05, 0.1) is 0 Å². The summed E-state index contributed by atoms with van der Waals surface area (Å²) in [5, 5.41) is 3.49. The maximum atomic E-state index is 12.3. The van der Waals surface area contributed by atoms with E-state index in [0.717, 1.165) is 38.2 Å². The Morgan fingerprint density at radius 2 is 2.00 bits per heavy atom. The minimum absolute atomic E-state index is 0.0245. The number of rotatable bonds is 0. The molecule has 1 amide bonds. The summed E-state index contributed by atoms with van der Waals surface area (Å²) < 4.78 is 0. The lowest BCUT2D eigenvalue weighted by atomic mass is 9.74. The van der Waals surface area contributed by atoms with Crippen molar-refractivity contribution in [2.24, 2.45) is 5.41 Å². The average Bonchev–Trinajstić information content (AvgIpc) is 2.54. The Labute approximate surface area is 126 Å². The summed E-state index contributed by atoms with van der Waals surface area (Å²) in [5.41, 5.74) is 1.19. The lowest BCUT2D eigenvalue weighted by Gasteiger charge is -2.44. The Hall–Kier alpha value is -1.79. The molecule has 0 bridgehead atoms. The minimum Gasteiger partial charge on any atom is -0.331 e. The molecule has 110 valence electrons. The minimum atomic E-state index is -0.0245. The van der Waals surface area contributed by atoms with Crippen LogP contribution >= 0.6 is 0 Å². The van der Waals surface area contributed by atoms with Crippen molar-refractivity contribution in [3.8, 4) is 11.8 Å². The molecule has 1 atom stereocenters. The lowest BCUT2D eigenvalue weighted by Crippen LogP contribution is -2.52. The molecular weight excluding hydrogens is 260 g/mol. The number of nitrogens with one attached hydrogen (secondary N) is 1. The van der Waals surface area contributed by atoms with Crippen LogP contribution < -0.4 is 5.32 Å². The second-order valence-electron chi connectivity index (χ2n) is 6.23. The summed E-state index contributed by atoms with van der Waals surface area (Å²) in [6, 6.07) is 9.71. The highest BCUT2D eigenvalue weighted by Crippen LogP contribution is 2.35. The molecular formula is C18H22N2O. The number of amides is 1. The average molecular weight is 282 g/mol. The Morgan fingerprint density at radius 1 is 1.19 bits per heavy atom. The third kappa shape index (κ3) is 3.46. The number of piperidine rings is 2. The summed E-state index contributed by atoms with van der Waals surface area (Å²) in [4.78, 5) is 14.3. The lowest BCUT2D eigenvalue weighted by molar-refractivity contribution is -0.128. The van der Waals surface area contributed by atoms with E-state index in [1.165, 1.54) is 19.3 Å². The molecule has 3 nitrogen and oxygen atoms in total. The predicted octanol–water partition coefficient (Wildman–Crippen LogP) is 2.03. The van der Waals surface area contributed by atoms with Crippen molar-refractivity contribution in [1.82, 2.24) is 10.2 Å². The zero-order chi connectivity index (χ0) is 14.5. The Morgan fingerprint density at radius 3 is 2.76 bits per heavy atom. The number of benzene rings is 1.